The minimum Gasteiger partial charge on any atom is -0.381 e. The number of piperidine rings is 1. The predicted molar refractivity (Wildman–Crippen MR) is 117 cm³/mol. The Bertz CT molecular complexity index is 758. The summed E-state index contributed by atoms with van der Waals surface area (Å²) < 4.78 is 13.5. The van der Waals surface area contributed by atoms with Gasteiger partial charge in [-0.3, -0.25) is 0 Å². The van der Waals surface area contributed by atoms with Gasteiger partial charge in [0.1, 0.15) is 27.1 Å². The Kier molecular flexibility index (Phi) is 5.50. The number of anilines is 2. The van der Waals surface area contributed by atoms with E-state index in [1.54, 1.807) is 0 Å². The third kappa shape index (κ3) is 3.95. The van der Waals surface area contributed by atoms with Crippen LogP contribution in [-0.4, -0.2) is 48.1 Å². The van der Waals surface area contributed by atoms with E-state index in [1.807, 2.05) is 11.8 Å². The quantitative estimate of drug-likeness (QED) is 0.485. The zero-order valence-electron chi connectivity index (χ0n) is 15.3. The molecule has 0 aliphatic carbocycles. The molecule has 5 heterocycles. The number of hydrogen-bond acceptors (Lipinski definition) is 8. The Morgan fingerprint density at radius 1 is 1.19 bits per heavy atom. The number of thioether (sulfide) groups is 1. The maximum atomic E-state index is 5.50. The molecule has 27 heavy (non-hydrogen) atoms. The van der Waals surface area contributed by atoms with Crippen molar-refractivity contribution < 1.29 is 4.74 Å². The molecule has 2 saturated heterocycles. The molecular formula is C18H25IN6OS. The zero-order valence-corrected chi connectivity index (χ0v) is 18.3. The van der Waals surface area contributed by atoms with Crippen molar-refractivity contribution in [2.24, 2.45) is 9.06 Å². The summed E-state index contributed by atoms with van der Waals surface area (Å²) in [6.45, 7) is 3.71. The minimum absolute atomic E-state index is 0.174. The normalized spacial score (nSPS) is 23.6. The minimum atomic E-state index is -0.174. The molecule has 0 aromatic carbocycles. The number of nitrogens with zero attached hydrogens (tertiary/aromatic N) is 4. The van der Waals surface area contributed by atoms with Crippen LogP contribution in [0.25, 0.3) is 0 Å². The van der Waals surface area contributed by atoms with Gasteiger partial charge in [-0.1, -0.05) is 0 Å². The van der Waals surface area contributed by atoms with Crippen LogP contribution in [0.2, 0.25) is 0 Å². The molecule has 7 nitrogen and oxygen atoms in total. The molecule has 1 aromatic rings. The summed E-state index contributed by atoms with van der Waals surface area (Å²) in [5.74, 6) is 3.67. The Hall–Kier alpha value is -0.940. The predicted octanol–water partition coefficient (Wildman–Crippen LogP) is 3.45. The SMILES string of the molecule is C1=C(C2CCN(c3nc4c(c(NC5CCOCC5)n3)SCC4)CC2)N=IN1. The van der Waals surface area contributed by atoms with E-state index in [9.17, 15) is 0 Å². The first-order valence-corrected chi connectivity index (χ1v) is 12.8. The number of aryl methyl sites for hydroxylation is 1. The second kappa shape index (κ2) is 8.20. The van der Waals surface area contributed by atoms with E-state index >= 15 is 0 Å². The van der Waals surface area contributed by atoms with Crippen molar-refractivity contribution in [3.8, 4) is 0 Å². The summed E-state index contributed by atoms with van der Waals surface area (Å²) in [7, 11) is 0. The van der Waals surface area contributed by atoms with E-state index in [1.165, 1.54) is 16.3 Å². The second-order valence-electron chi connectivity index (χ2n) is 7.39. The molecule has 4 aliphatic rings. The first-order chi connectivity index (χ1) is 13.4. The highest BCUT2D eigenvalue weighted by Gasteiger charge is 2.28. The topological polar surface area (TPSA) is 74.7 Å². The van der Waals surface area contributed by atoms with E-state index in [0.29, 0.717) is 12.0 Å². The van der Waals surface area contributed by atoms with Gasteiger partial charge >= 0.3 is 0 Å². The number of aromatic nitrogens is 2. The third-order valence-electron chi connectivity index (χ3n) is 5.66. The fourth-order valence-corrected chi connectivity index (χ4v) is 6.53. The van der Waals surface area contributed by atoms with Gasteiger partial charge in [-0.25, -0.2) is 8.13 Å². The Morgan fingerprint density at radius 2 is 2.04 bits per heavy atom. The summed E-state index contributed by atoms with van der Waals surface area (Å²) >= 11 is 1.72. The van der Waals surface area contributed by atoms with Gasteiger partial charge in [0, 0.05) is 56.6 Å². The third-order valence-corrected chi connectivity index (χ3v) is 8.17. The maximum Gasteiger partial charge on any atom is 0.227 e. The molecule has 0 bridgehead atoms. The van der Waals surface area contributed by atoms with Gasteiger partial charge in [-0.05, 0) is 25.7 Å². The molecule has 0 spiro atoms. The van der Waals surface area contributed by atoms with Crippen LogP contribution in [0.15, 0.2) is 19.9 Å². The summed E-state index contributed by atoms with van der Waals surface area (Å²) in [4.78, 5) is 13.6. The fraction of sp³-hybridized carbons (Fsp3) is 0.667. The van der Waals surface area contributed by atoms with Gasteiger partial charge in [0.25, 0.3) is 0 Å². The first kappa shape index (κ1) is 18.1. The van der Waals surface area contributed by atoms with Crippen molar-refractivity contribution in [2.75, 3.05) is 42.3 Å². The van der Waals surface area contributed by atoms with Gasteiger partial charge in [0.15, 0.2) is 0 Å². The number of ether oxygens (including phenoxy) is 1. The van der Waals surface area contributed by atoms with Crippen LogP contribution in [-0.2, 0) is 11.2 Å². The van der Waals surface area contributed by atoms with Gasteiger partial charge in [0.2, 0.25) is 5.95 Å². The molecule has 0 atom stereocenters. The fourth-order valence-electron chi connectivity index (χ4n) is 4.07. The molecule has 0 amide bonds. The highest BCUT2D eigenvalue weighted by Crippen LogP contribution is 2.38. The van der Waals surface area contributed by atoms with Crippen molar-refractivity contribution in [3.63, 3.8) is 0 Å². The molecule has 0 unspecified atom stereocenters. The van der Waals surface area contributed by atoms with Crippen LogP contribution in [0.5, 0.6) is 0 Å². The molecule has 2 fully saturated rings. The molecule has 4 aliphatic heterocycles. The Morgan fingerprint density at radius 3 is 2.81 bits per heavy atom. The van der Waals surface area contributed by atoms with Crippen molar-refractivity contribution in [3.05, 3.63) is 17.6 Å². The van der Waals surface area contributed by atoms with Gasteiger partial charge in [-0.15, -0.1) is 11.8 Å². The largest absolute Gasteiger partial charge is 0.381 e. The molecular weight excluding hydrogens is 475 g/mol. The smallest absolute Gasteiger partial charge is 0.227 e. The Balaban J connectivity index is 1.32. The summed E-state index contributed by atoms with van der Waals surface area (Å²) in [5.41, 5.74) is 2.51. The molecule has 0 radical (unpaired) electrons. The number of hydrogen-bond donors (Lipinski definition) is 2. The van der Waals surface area contributed by atoms with Gasteiger partial charge in [0.05, 0.1) is 16.3 Å². The van der Waals surface area contributed by atoms with Crippen molar-refractivity contribution in [2.45, 2.75) is 43.0 Å². The summed E-state index contributed by atoms with van der Waals surface area (Å²) in [6.07, 6.45) is 7.57. The van der Waals surface area contributed by atoms with E-state index in [2.05, 4.69) is 23.1 Å². The zero-order chi connectivity index (χ0) is 18.1. The molecule has 2 N–H and O–H groups in total. The van der Waals surface area contributed by atoms with Crippen LogP contribution >= 0.6 is 33.1 Å². The van der Waals surface area contributed by atoms with E-state index in [-0.39, 0.29) is 21.3 Å². The molecule has 146 valence electrons. The lowest BCUT2D eigenvalue weighted by Gasteiger charge is -2.32. The van der Waals surface area contributed by atoms with Crippen molar-refractivity contribution in [1.82, 2.24) is 13.5 Å². The maximum absolute atomic E-state index is 5.50. The number of halogens is 1. The van der Waals surface area contributed by atoms with Crippen LogP contribution < -0.4 is 13.7 Å². The molecule has 5 rings (SSSR count). The number of rotatable bonds is 4. The van der Waals surface area contributed by atoms with E-state index in [4.69, 9.17) is 14.7 Å². The van der Waals surface area contributed by atoms with Gasteiger partial charge < -0.3 is 18.5 Å². The monoisotopic (exact) mass is 500 g/mol. The standard InChI is InChI=1S/C18H25IN6OS/c1-6-25(7-2-12(1)15-11-20-19-24-15)18-22-14-5-10-27-16(14)17(23-18)21-13-3-8-26-9-4-13/h11-13H,1-10H2,(H,20,24)(H,21,22,23). The van der Waals surface area contributed by atoms with Crippen molar-refractivity contribution in [1.29, 1.82) is 0 Å². The molecule has 0 saturated carbocycles. The second-order valence-corrected chi connectivity index (χ2v) is 10.1. The molecule has 9 heteroatoms. The average molecular weight is 500 g/mol. The highest BCUT2D eigenvalue weighted by atomic mass is 127. The number of fused-ring (bicyclic) bond motifs is 1. The number of allylic oxidation sites excluding steroid dienone is 1. The van der Waals surface area contributed by atoms with E-state index in [0.717, 1.165) is 75.9 Å². The Labute approximate surface area is 174 Å². The van der Waals surface area contributed by atoms with E-state index < -0.39 is 0 Å². The summed E-state index contributed by atoms with van der Waals surface area (Å²) in [5, 5.41) is 3.71. The summed E-state index contributed by atoms with van der Waals surface area (Å²) in [6, 6.07) is 0.462. The van der Waals surface area contributed by atoms with Crippen molar-refractivity contribution >= 4 is 44.8 Å². The lowest BCUT2D eigenvalue weighted by Crippen LogP contribution is -2.36. The number of nitrogens with one attached hydrogen (secondary N) is 2. The average Bonchev–Trinajstić information content (AvgIpc) is 3.41. The lowest BCUT2D eigenvalue weighted by atomic mass is 9.94. The lowest BCUT2D eigenvalue weighted by molar-refractivity contribution is 0.0903. The van der Waals surface area contributed by atoms with Crippen LogP contribution in [0.3, 0.4) is 0 Å². The first-order valence-electron chi connectivity index (χ1n) is 9.79. The van der Waals surface area contributed by atoms with Crippen LogP contribution in [0.1, 0.15) is 31.4 Å². The molecule has 1 aromatic heterocycles. The van der Waals surface area contributed by atoms with Crippen LogP contribution in [0.4, 0.5) is 11.8 Å². The van der Waals surface area contributed by atoms with Gasteiger partial charge in [-0.2, -0.15) is 4.98 Å². The van der Waals surface area contributed by atoms with Crippen LogP contribution in [0, 0.1) is 5.92 Å². The highest BCUT2D eigenvalue weighted by molar-refractivity contribution is 14.1.